The number of carboxylic acid groups (broad SMARTS) is 1. The lowest BCUT2D eigenvalue weighted by molar-refractivity contribution is -0.143. The first kappa shape index (κ1) is 27.6. The number of amides is 4. The number of aliphatic carboxylic acids is 1. The van der Waals surface area contributed by atoms with Crippen LogP contribution in [0.25, 0.3) is 0 Å². The Hall–Kier alpha value is -3.47. The highest BCUT2D eigenvalue weighted by atomic mass is 16.4. The second-order valence-corrected chi connectivity index (χ2v) is 7.79. The molecule has 11 nitrogen and oxygen atoms in total. The van der Waals surface area contributed by atoms with Gasteiger partial charge in [-0.05, 0) is 17.9 Å². The van der Waals surface area contributed by atoms with Crippen molar-refractivity contribution in [3.8, 4) is 0 Å². The standard InChI is InChI=1S/C22H33N5O6/c1-3-13(2)19(21(31)26-15(22(32)33)9-10-17(24)28)27-20(30)16(25-18(29)12-23)11-14-7-5-4-6-8-14/h4-8,13,15-16,19H,3,9-12,23H2,1-2H3,(H2,24,28)(H,25,29)(H,26,31)(H,27,30)(H,32,33). The largest absolute Gasteiger partial charge is 0.480 e. The normalized spacial score (nSPS) is 14.3. The van der Waals surface area contributed by atoms with Gasteiger partial charge in [0.05, 0.1) is 6.54 Å². The second-order valence-electron chi connectivity index (χ2n) is 7.79. The van der Waals surface area contributed by atoms with E-state index in [1.165, 1.54) is 0 Å². The van der Waals surface area contributed by atoms with Crippen LogP contribution in [-0.2, 0) is 30.4 Å². The van der Waals surface area contributed by atoms with E-state index in [-0.39, 0.29) is 31.7 Å². The highest BCUT2D eigenvalue weighted by Crippen LogP contribution is 2.11. The third kappa shape index (κ3) is 9.69. The van der Waals surface area contributed by atoms with Gasteiger partial charge in [0.1, 0.15) is 18.1 Å². The monoisotopic (exact) mass is 463 g/mol. The minimum atomic E-state index is -1.34. The van der Waals surface area contributed by atoms with Gasteiger partial charge in [0.15, 0.2) is 0 Å². The third-order valence-corrected chi connectivity index (χ3v) is 5.21. The molecule has 0 aliphatic rings. The number of hydrogen-bond donors (Lipinski definition) is 6. The highest BCUT2D eigenvalue weighted by Gasteiger charge is 2.32. The first-order chi connectivity index (χ1) is 15.6. The summed E-state index contributed by atoms with van der Waals surface area (Å²) in [4.78, 5) is 60.3. The molecule has 0 bridgehead atoms. The van der Waals surface area contributed by atoms with Crippen LogP contribution in [-0.4, -0.2) is 59.4 Å². The quantitative estimate of drug-likeness (QED) is 0.204. The van der Waals surface area contributed by atoms with Crippen molar-refractivity contribution < 1.29 is 29.1 Å². The first-order valence-electron chi connectivity index (χ1n) is 10.7. The molecule has 0 saturated heterocycles. The summed E-state index contributed by atoms with van der Waals surface area (Å²) in [6.07, 6.45) is 0.280. The average molecular weight is 464 g/mol. The molecule has 0 saturated carbocycles. The van der Waals surface area contributed by atoms with Gasteiger partial charge in [-0.25, -0.2) is 4.79 Å². The zero-order chi connectivity index (χ0) is 25.0. The van der Waals surface area contributed by atoms with Crippen molar-refractivity contribution in [3.63, 3.8) is 0 Å². The van der Waals surface area contributed by atoms with Gasteiger partial charge in [-0.3, -0.25) is 19.2 Å². The molecule has 0 radical (unpaired) electrons. The molecule has 8 N–H and O–H groups in total. The fourth-order valence-corrected chi connectivity index (χ4v) is 3.07. The summed E-state index contributed by atoms with van der Waals surface area (Å²) >= 11 is 0. The maximum Gasteiger partial charge on any atom is 0.326 e. The lowest BCUT2D eigenvalue weighted by Crippen LogP contribution is -2.58. The Morgan fingerprint density at radius 1 is 0.970 bits per heavy atom. The number of carbonyl (C=O) groups is 5. The second kappa shape index (κ2) is 13.8. The van der Waals surface area contributed by atoms with Crippen LogP contribution < -0.4 is 27.4 Å². The Morgan fingerprint density at radius 2 is 1.61 bits per heavy atom. The minimum Gasteiger partial charge on any atom is -0.480 e. The molecule has 0 aliphatic heterocycles. The predicted molar refractivity (Wildman–Crippen MR) is 121 cm³/mol. The van der Waals surface area contributed by atoms with Crippen molar-refractivity contribution in [1.29, 1.82) is 0 Å². The molecule has 1 aromatic carbocycles. The van der Waals surface area contributed by atoms with Crippen LogP contribution in [0.4, 0.5) is 0 Å². The number of hydrogen-bond acceptors (Lipinski definition) is 6. The van der Waals surface area contributed by atoms with Crippen molar-refractivity contribution >= 4 is 29.6 Å². The van der Waals surface area contributed by atoms with E-state index in [1.807, 2.05) is 13.0 Å². The van der Waals surface area contributed by atoms with E-state index >= 15 is 0 Å². The molecule has 4 atom stereocenters. The third-order valence-electron chi connectivity index (χ3n) is 5.21. The molecule has 0 fully saturated rings. The molecule has 1 aromatic rings. The van der Waals surface area contributed by atoms with Gasteiger partial charge in [0.2, 0.25) is 23.6 Å². The number of carboxylic acids is 1. The smallest absolute Gasteiger partial charge is 0.326 e. The van der Waals surface area contributed by atoms with Crippen molar-refractivity contribution in [2.45, 2.75) is 57.7 Å². The van der Waals surface area contributed by atoms with Gasteiger partial charge in [0, 0.05) is 12.8 Å². The Kier molecular flexibility index (Phi) is 11.6. The average Bonchev–Trinajstić information content (AvgIpc) is 2.78. The lowest BCUT2D eigenvalue weighted by Gasteiger charge is -2.27. The van der Waals surface area contributed by atoms with Crippen LogP contribution in [0.3, 0.4) is 0 Å². The highest BCUT2D eigenvalue weighted by molar-refractivity contribution is 5.94. The summed E-state index contributed by atoms with van der Waals surface area (Å²) < 4.78 is 0. The van der Waals surface area contributed by atoms with Crippen molar-refractivity contribution in [2.75, 3.05) is 6.54 Å². The summed E-state index contributed by atoms with van der Waals surface area (Å²) in [6, 6.07) is 5.60. The minimum absolute atomic E-state index is 0.170. The Balaban J connectivity index is 3.03. The van der Waals surface area contributed by atoms with Gasteiger partial charge in [0.25, 0.3) is 0 Å². The van der Waals surface area contributed by atoms with E-state index in [9.17, 15) is 29.1 Å². The summed E-state index contributed by atoms with van der Waals surface area (Å²) in [5.41, 5.74) is 11.2. The summed E-state index contributed by atoms with van der Waals surface area (Å²) in [6.45, 7) is 3.24. The SMILES string of the molecule is CCC(C)C(NC(=O)C(Cc1ccccc1)NC(=O)CN)C(=O)NC(CCC(N)=O)C(=O)O. The fraction of sp³-hybridized carbons (Fsp3) is 0.500. The van der Waals surface area contributed by atoms with Gasteiger partial charge in [-0.15, -0.1) is 0 Å². The maximum absolute atomic E-state index is 13.0. The molecule has 182 valence electrons. The summed E-state index contributed by atoms with van der Waals surface area (Å²) in [5.74, 6) is -4.21. The molecule has 0 aromatic heterocycles. The number of carbonyl (C=O) groups excluding carboxylic acids is 4. The van der Waals surface area contributed by atoms with Crippen molar-refractivity contribution in [1.82, 2.24) is 16.0 Å². The van der Waals surface area contributed by atoms with Crippen LogP contribution >= 0.6 is 0 Å². The zero-order valence-electron chi connectivity index (χ0n) is 18.9. The maximum atomic E-state index is 13.0. The molecule has 0 spiro atoms. The van der Waals surface area contributed by atoms with E-state index < -0.39 is 47.7 Å². The fourth-order valence-electron chi connectivity index (χ4n) is 3.07. The molecule has 4 amide bonds. The van der Waals surface area contributed by atoms with Gasteiger partial charge < -0.3 is 32.5 Å². The Bertz CT molecular complexity index is 832. The van der Waals surface area contributed by atoms with Crippen LogP contribution in [0.15, 0.2) is 30.3 Å². The van der Waals surface area contributed by atoms with Crippen LogP contribution in [0, 0.1) is 5.92 Å². The molecule has 4 unspecified atom stereocenters. The molecule has 1 rings (SSSR count). The van der Waals surface area contributed by atoms with Gasteiger partial charge in [-0.2, -0.15) is 0 Å². The van der Waals surface area contributed by atoms with Crippen LogP contribution in [0.1, 0.15) is 38.7 Å². The molecular formula is C22H33N5O6. The zero-order valence-corrected chi connectivity index (χ0v) is 18.9. The van der Waals surface area contributed by atoms with Gasteiger partial charge >= 0.3 is 5.97 Å². The van der Waals surface area contributed by atoms with E-state index in [0.29, 0.717) is 6.42 Å². The van der Waals surface area contributed by atoms with Crippen LogP contribution in [0.5, 0.6) is 0 Å². The van der Waals surface area contributed by atoms with Crippen molar-refractivity contribution in [2.24, 2.45) is 17.4 Å². The Labute approximate surface area is 192 Å². The molecule has 11 heteroatoms. The summed E-state index contributed by atoms with van der Waals surface area (Å²) in [7, 11) is 0. The number of nitrogens with one attached hydrogen (secondary N) is 3. The molecule has 33 heavy (non-hydrogen) atoms. The number of nitrogens with two attached hydrogens (primary N) is 2. The number of rotatable bonds is 14. The van der Waals surface area contributed by atoms with Crippen molar-refractivity contribution in [3.05, 3.63) is 35.9 Å². The molecule has 0 heterocycles. The van der Waals surface area contributed by atoms with E-state index in [1.54, 1.807) is 31.2 Å². The van der Waals surface area contributed by atoms with E-state index in [4.69, 9.17) is 11.5 Å². The predicted octanol–water partition coefficient (Wildman–Crippen LogP) is -0.962. The topological polar surface area (TPSA) is 194 Å². The molecule has 0 aliphatic carbocycles. The van der Waals surface area contributed by atoms with E-state index in [2.05, 4.69) is 16.0 Å². The summed E-state index contributed by atoms with van der Waals surface area (Å²) in [5, 5.41) is 16.9. The van der Waals surface area contributed by atoms with E-state index in [0.717, 1.165) is 5.56 Å². The Morgan fingerprint density at radius 3 is 2.12 bits per heavy atom. The first-order valence-corrected chi connectivity index (χ1v) is 10.7. The number of primary amides is 1. The number of benzene rings is 1. The van der Waals surface area contributed by atoms with Gasteiger partial charge in [-0.1, -0.05) is 50.6 Å². The lowest BCUT2D eigenvalue weighted by atomic mass is 9.96. The molecular weight excluding hydrogens is 430 g/mol. The van der Waals surface area contributed by atoms with Crippen LogP contribution in [0.2, 0.25) is 0 Å².